The molecule has 1 aliphatic rings. The maximum atomic E-state index is 9.62. The molecule has 1 fully saturated rings. The fraction of sp³-hybridized carbons (Fsp3) is 1.00. The van der Waals surface area contributed by atoms with Gasteiger partial charge in [-0.25, -0.2) is 0 Å². The van der Waals surface area contributed by atoms with Gasteiger partial charge in [0.2, 0.25) is 0 Å². The fourth-order valence-electron chi connectivity index (χ4n) is 1.23. The molecule has 0 aromatic carbocycles. The lowest BCUT2D eigenvalue weighted by Gasteiger charge is -2.37. The second kappa shape index (κ2) is 4.37. The van der Waals surface area contributed by atoms with Crippen molar-refractivity contribution in [3.05, 3.63) is 0 Å². The van der Waals surface area contributed by atoms with Crippen molar-refractivity contribution in [1.82, 2.24) is 0 Å². The Kier molecular flexibility index (Phi) is 3.82. The molecule has 84 valence electrons. The standard InChI is InChI=1S/C9H18O4S/c1-9(2,3)14-8-7(12)6(11)5(10)4-13-8/h5-8,10-12H,4H2,1-3H3. The lowest BCUT2D eigenvalue weighted by Crippen LogP contribution is -2.52. The van der Waals surface area contributed by atoms with Crippen LogP contribution in [0.2, 0.25) is 0 Å². The Morgan fingerprint density at radius 2 is 1.71 bits per heavy atom. The van der Waals surface area contributed by atoms with Gasteiger partial charge in [0.1, 0.15) is 23.7 Å². The van der Waals surface area contributed by atoms with E-state index >= 15 is 0 Å². The molecule has 4 atom stereocenters. The van der Waals surface area contributed by atoms with Gasteiger partial charge in [0.25, 0.3) is 0 Å². The molecule has 0 amide bonds. The van der Waals surface area contributed by atoms with E-state index in [-0.39, 0.29) is 11.4 Å². The minimum absolute atomic E-state index is 0.0480. The van der Waals surface area contributed by atoms with Gasteiger partial charge in [-0.15, -0.1) is 11.8 Å². The fourth-order valence-corrected chi connectivity index (χ4v) is 2.38. The van der Waals surface area contributed by atoms with E-state index in [9.17, 15) is 15.3 Å². The Morgan fingerprint density at radius 1 is 1.14 bits per heavy atom. The number of hydrogen-bond donors (Lipinski definition) is 3. The number of ether oxygens (including phenoxy) is 1. The number of aliphatic hydroxyl groups excluding tert-OH is 3. The molecule has 4 unspecified atom stereocenters. The summed E-state index contributed by atoms with van der Waals surface area (Å²) in [6, 6.07) is 0. The van der Waals surface area contributed by atoms with E-state index in [1.54, 1.807) is 0 Å². The zero-order chi connectivity index (χ0) is 10.9. The highest BCUT2D eigenvalue weighted by atomic mass is 32.2. The molecule has 0 bridgehead atoms. The molecule has 1 saturated heterocycles. The third-order valence-electron chi connectivity index (χ3n) is 1.92. The minimum Gasteiger partial charge on any atom is -0.388 e. The van der Waals surface area contributed by atoms with E-state index in [0.29, 0.717) is 0 Å². The first kappa shape index (κ1) is 12.3. The van der Waals surface area contributed by atoms with Crippen LogP contribution in [-0.4, -0.2) is 50.4 Å². The van der Waals surface area contributed by atoms with Gasteiger partial charge in [-0.1, -0.05) is 20.8 Å². The molecule has 4 nitrogen and oxygen atoms in total. The van der Waals surface area contributed by atoms with Gasteiger partial charge in [-0.3, -0.25) is 0 Å². The highest BCUT2D eigenvalue weighted by Gasteiger charge is 2.39. The van der Waals surface area contributed by atoms with Crippen LogP contribution in [0, 0.1) is 0 Å². The average molecular weight is 222 g/mol. The van der Waals surface area contributed by atoms with Crippen molar-refractivity contribution < 1.29 is 20.1 Å². The molecule has 1 rings (SSSR count). The molecule has 0 saturated carbocycles. The summed E-state index contributed by atoms with van der Waals surface area (Å²) in [7, 11) is 0. The van der Waals surface area contributed by atoms with Crippen molar-refractivity contribution in [3.63, 3.8) is 0 Å². The highest BCUT2D eigenvalue weighted by Crippen LogP contribution is 2.33. The molecule has 0 aromatic rings. The first-order chi connectivity index (χ1) is 6.31. The molecular weight excluding hydrogens is 204 g/mol. The molecule has 0 radical (unpaired) electrons. The maximum absolute atomic E-state index is 9.62. The lowest BCUT2D eigenvalue weighted by molar-refractivity contribution is -0.161. The van der Waals surface area contributed by atoms with Crippen LogP contribution in [-0.2, 0) is 4.74 Å². The van der Waals surface area contributed by atoms with E-state index in [4.69, 9.17) is 4.74 Å². The summed E-state index contributed by atoms with van der Waals surface area (Å²) in [6.45, 7) is 6.09. The van der Waals surface area contributed by atoms with E-state index < -0.39 is 23.7 Å². The van der Waals surface area contributed by atoms with Crippen LogP contribution in [0.5, 0.6) is 0 Å². The lowest BCUT2D eigenvalue weighted by atomic mass is 10.1. The van der Waals surface area contributed by atoms with Crippen LogP contribution in [0.1, 0.15) is 20.8 Å². The third-order valence-corrected chi connectivity index (χ3v) is 3.28. The van der Waals surface area contributed by atoms with Crippen molar-refractivity contribution in [2.45, 2.75) is 49.3 Å². The van der Waals surface area contributed by atoms with Crippen molar-refractivity contribution in [2.75, 3.05) is 6.61 Å². The summed E-state index contributed by atoms with van der Waals surface area (Å²) in [4.78, 5) is 0. The second-order valence-electron chi connectivity index (χ2n) is 4.48. The molecule has 1 aliphatic heterocycles. The van der Waals surface area contributed by atoms with Gasteiger partial charge in [0.15, 0.2) is 0 Å². The van der Waals surface area contributed by atoms with Gasteiger partial charge in [-0.2, -0.15) is 0 Å². The van der Waals surface area contributed by atoms with E-state index in [1.165, 1.54) is 11.8 Å². The second-order valence-corrected chi connectivity index (χ2v) is 6.41. The first-order valence-electron chi connectivity index (χ1n) is 4.65. The molecule has 1 heterocycles. The SMILES string of the molecule is CC(C)(C)SC1OCC(O)C(O)C1O. The predicted octanol–water partition coefficient (Wildman–Crippen LogP) is -0.0429. The van der Waals surface area contributed by atoms with Gasteiger partial charge < -0.3 is 20.1 Å². The molecular formula is C9H18O4S. The summed E-state index contributed by atoms with van der Waals surface area (Å²) in [5.41, 5.74) is -0.464. The van der Waals surface area contributed by atoms with Gasteiger partial charge >= 0.3 is 0 Å². The minimum atomic E-state index is -1.11. The Morgan fingerprint density at radius 3 is 2.21 bits per heavy atom. The Bertz CT molecular complexity index is 192. The average Bonchev–Trinajstić information content (AvgIpc) is 2.04. The normalized spacial score (nSPS) is 39.9. The number of rotatable bonds is 1. The van der Waals surface area contributed by atoms with Crippen molar-refractivity contribution in [2.24, 2.45) is 0 Å². The highest BCUT2D eigenvalue weighted by molar-refractivity contribution is 8.01. The van der Waals surface area contributed by atoms with Crippen LogP contribution in [0.15, 0.2) is 0 Å². The monoisotopic (exact) mass is 222 g/mol. The van der Waals surface area contributed by atoms with Crippen LogP contribution < -0.4 is 0 Å². The van der Waals surface area contributed by atoms with Gasteiger partial charge in [-0.05, 0) is 0 Å². The van der Waals surface area contributed by atoms with Crippen LogP contribution >= 0.6 is 11.8 Å². The van der Waals surface area contributed by atoms with E-state index in [2.05, 4.69) is 0 Å². The zero-order valence-corrected chi connectivity index (χ0v) is 9.49. The molecule has 5 heteroatoms. The predicted molar refractivity (Wildman–Crippen MR) is 55.1 cm³/mol. The summed E-state index contributed by atoms with van der Waals surface area (Å²) in [6.07, 6.45) is -3.12. The summed E-state index contributed by atoms with van der Waals surface area (Å²) < 4.78 is 5.20. The summed E-state index contributed by atoms with van der Waals surface area (Å²) in [5, 5.41) is 28.3. The first-order valence-corrected chi connectivity index (χ1v) is 5.53. The quantitative estimate of drug-likeness (QED) is 0.580. The smallest absolute Gasteiger partial charge is 0.132 e. The van der Waals surface area contributed by atoms with Gasteiger partial charge in [0, 0.05) is 4.75 Å². The van der Waals surface area contributed by atoms with E-state index in [0.717, 1.165) is 0 Å². The maximum Gasteiger partial charge on any atom is 0.132 e. The largest absolute Gasteiger partial charge is 0.388 e. The van der Waals surface area contributed by atoms with Crippen molar-refractivity contribution in [1.29, 1.82) is 0 Å². The molecule has 0 spiro atoms. The van der Waals surface area contributed by atoms with Gasteiger partial charge in [0.05, 0.1) is 6.61 Å². The number of thioether (sulfide) groups is 1. The molecule has 3 N–H and O–H groups in total. The van der Waals surface area contributed by atoms with Crippen molar-refractivity contribution >= 4 is 11.8 Å². The number of hydrogen-bond acceptors (Lipinski definition) is 5. The van der Waals surface area contributed by atoms with Crippen LogP contribution in [0.4, 0.5) is 0 Å². The summed E-state index contributed by atoms with van der Waals surface area (Å²) >= 11 is 1.45. The third kappa shape index (κ3) is 3.10. The molecule has 0 aliphatic carbocycles. The van der Waals surface area contributed by atoms with Crippen LogP contribution in [0.25, 0.3) is 0 Å². The summed E-state index contributed by atoms with van der Waals surface area (Å²) in [5.74, 6) is 0. The Hall–Kier alpha value is 0.190. The molecule has 0 aromatic heterocycles. The van der Waals surface area contributed by atoms with Crippen molar-refractivity contribution in [3.8, 4) is 0 Å². The molecule has 14 heavy (non-hydrogen) atoms. The zero-order valence-electron chi connectivity index (χ0n) is 8.67. The Labute approximate surface area is 88.3 Å². The topological polar surface area (TPSA) is 69.9 Å². The number of aliphatic hydroxyl groups is 3. The van der Waals surface area contributed by atoms with E-state index in [1.807, 2.05) is 20.8 Å². The van der Waals surface area contributed by atoms with Crippen LogP contribution in [0.3, 0.4) is 0 Å². The Balaban J connectivity index is 2.55.